The van der Waals surface area contributed by atoms with Gasteiger partial charge in [0.25, 0.3) is 0 Å². The fraction of sp³-hybridized carbons (Fsp3) is 0.381. The second kappa shape index (κ2) is 7.96. The Labute approximate surface area is 138 Å². The smallest absolute Gasteiger partial charge is 0.138 e. The van der Waals surface area contributed by atoms with Gasteiger partial charge in [-0.05, 0) is 43.4 Å². The van der Waals surface area contributed by atoms with E-state index in [1.807, 2.05) is 24.3 Å². The minimum atomic E-state index is 0.160. The van der Waals surface area contributed by atoms with Gasteiger partial charge < -0.3 is 5.32 Å². The van der Waals surface area contributed by atoms with E-state index in [0.29, 0.717) is 5.78 Å². The molecule has 2 nitrogen and oxygen atoms in total. The number of anilines is 1. The van der Waals surface area contributed by atoms with Gasteiger partial charge in [-0.25, -0.2) is 0 Å². The van der Waals surface area contributed by atoms with Crippen LogP contribution in [-0.2, 0) is 11.2 Å². The Morgan fingerprint density at radius 1 is 0.957 bits per heavy atom. The van der Waals surface area contributed by atoms with Gasteiger partial charge in [-0.15, -0.1) is 0 Å². The molecule has 2 aromatic rings. The average molecular weight is 307 g/mol. The summed E-state index contributed by atoms with van der Waals surface area (Å²) in [6, 6.07) is 21.1. The van der Waals surface area contributed by atoms with E-state index in [2.05, 4.69) is 41.7 Å². The molecule has 23 heavy (non-hydrogen) atoms. The van der Waals surface area contributed by atoms with Crippen LogP contribution in [0.1, 0.15) is 37.7 Å². The van der Waals surface area contributed by atoms with Gasteiger partial charge in [-0.2, -0.15) is 0 Å². The Kier molecular flexibility index (Phi) is 5.46. The number of para-hydroxylation sites is 1. The van der Waals surface area contributed by atoms with Crippen LogP contribution in [-0.4, -0.2) is 11.8 Å². The molecule has 1 fully saturated rings. The molecule has 0 saturated heterocycles. The maximum atomic E-state index is 12.4. The molecule has 0 aromatic heterocycles. The van der Waals surface area contributed by atoms with Crippen LogP contribution in [0.25, 0.3) is 0 Å². The average Bonchev–Trinajstić information content (AvgIpc) is 2.61. The van der Waals surface area contributed by atoms with Crippen LogP contribution >= 0.6 is 0 Å². The number of rotatable bonds is 6. The Morgan fingerprint density at radius 3 is 2.35 bits per heavy atom. The van der Waals surface area contributed by atoms with Gasteiger partial charge in [0.15, 0.2) is 0 Å². The van der Waals surface area contributed by atoms with Gasteiger partial charge in [0, 0.05) is 24.1 Å². The Balaban J connectivity index is 1.71. The van der Waals surface area contributed by atoms with Crippen LogP contribution in [0.3, 0.4) is 0 Å². The van der Waals surface area contributed by atoms with E-state index in [1.165, 1.54) is 12.0 Å². The minimum absolute atomic E-state index is 0.160. The monoisotopic (exact) mass is 307 g/mol. The number of benzene rings is 2. The van der Waals surface area contributed by atoms with E-state index in [0.717, 1.165) is 37.8 Å². The van der Waals surface area contributed by atoms with Crippen LogP contribution < -0.4 is 5.32 Å². The fourth-order valence-corrected chi connectivity index (χ4v) is 3.52. The van der Waals surface area contributed by atoms with Gasteiger partial charge in [-0.1, -0.05) is 55.0 Å². The van der Waals surface area contributed by atoms with E-state index >= 15 is 0 Å². The number of hydrogen-bond acceptors (Lipinski definition) is 2. The Morgan fingerprint density at radius 2 is 1.65 bits per heavy atom. The van der Waals surface area contributed by atoms with Crippen molar-refractivity contribution in [2.75, 3.05) is 5.32 Å². The summed E-state index contributed by atoms with van der Waals surface area (Å²) in [7, 11) is 0. The highest BCUT2D eigenvalue weighted by Gasteiger charge is 2.29. The van der Waals surface area contributed by atoms with Crippen molar-refractivity contribution in [1.82, 2.24) is 0 Å². The lowest BCUT2D eigenvalue weighted by Gasteiger charge is -2.30. The predicted molar refractivity (Wildman–Crippen MR) is 95.6 cm³/mol. The van der Waals surface area contributed by atoms with Gasteiger partial charge in [0.05, 0.1) is 0 Å². The lowest BCUT2D eigenvalue weighted by Crippen LogP contribution is -2.37. The molecular formula is C21H25NO. The van der Waals surface area contributed by atoms with Crippen molar-refractivity contribution >= 4 is 11.5 Å². The molecule has 0 amide bonds. The lowest BCUT2D eigenvalue weighted by molar-refractivity contribution is -0.125. The van der Waals surface area contributed by atoms with E-state index in [1.54, 1.807) is 0 Å². The summed E-state index contributed by atoms with van der Waals surface area (Å²) >= 11 is 0. The summed E-state index contributed by atoms with van der Waals surface area (Å²) in [4.78, 5) is 12.4. The summed E-state index contributed by atoms with van der Waals surface area (Å²) in [5.41, 5.74) is 2.46. The highest BCUT2D eigenvalue weighted by atomic mass is 16.1. The molecule has 0 unspecified atom stereocenters. The van der Waals surface area contributed by atoms with Crippen molar-refractivity contribution in [1.29, 1.82) is 0 Å². The summed E-state index contributed by atoms with van der Waals surface area (Å²) in [6.45, 7) is 0. The highest BCUT2D eigenvalue weighted by molar-refractivity contribution is 5.82. The molecule has 0 heterocycles. The maximum Gasteiger partial charge on any atom is 0.138 e. The standard InChI is InChI=1S/C21H25NO/c23-21-14-8-7-13-19(21)20(22-18-11-5-2-6-12-18)16-15-17-9-3-1-4-10-17/h1-6,9-12,19-20,22H,7-8,13-16H2/t19-,20-/m0/s1. The van der Waals surface area contributed by atoms with E-state index in [4.69, 9.17) is 0 Å². The molecule has 0 bridgehead atoms. The van der Waals surface area contributed by atoms with Crippen molar-refractivity contribution in [3.05, 3.63) is 66.2 Å². The molecule has 0 spiro atoms. The molecule has 2 heteroatoms. The summed E-state index contributed by atoms with van der Waals surface area (Å²) < 4.78 is 0. The van der Waals surface area contributed by atoms with Crippen molar-refractivity contribution in [3.63, 3.8) is 0 Å². The molecule has 2 aromatic carbocycles. The maximum absolute atomic E-state index is 12.4. The predicted octanol–water partition coefficient (Wildman–Crippen LogP) is 4.86. The first-order valence-corrected chi connectivity index (χ1v) is 8.71. The number of Topliss-reactive ketones (excluding diaryl/α,β-unsaturated/α-hetero) is 1. The van der Waals surface area contributed by atoms with Crippen LogP contribution in [0.5, 0.6) is 0 Å². The summed E-state index contributed by atoms with van der Waals surface area (Å²) in [5.74, 6) is 0.602. The molecule has 1 aliphatic rings. The van der Waals surface area contributed by atoms with E-state index < -0.39 is 0 Å². The third-order valence-corrected chi connectivity index (χ3v) is 4.80. The SMILES string of the molecule is O=C1CCCC[C@H]1[C@H](CCc1ccccc1)Nc1ccccc1. The van der Waals surface area contributed by atoms with Crippen LogP contribution in [0.15, 0.2) is 60.7 Å². The summed E-state index contributed by atoms with van der Waals surface area (Å²) in [5, 5.41) is 3.63. The molecular weight excluding hydrogens is 282 g/mol. The van der Waals surface area contributed by atoms with Gasteiger partial charge >= 0.3 is 0 Å². The van der Waals surface area contributed by atoms with Gasteiger partial charge in [-0.3, -0.25) is 4.79 Å². The van der Waals surface area contributed by atoms with Crippen molar-refractivity contribution < 1.29 is 4.79 Å². The molecule has 0 radical (unpaired) electrons. The Hall–Kier alpha value is -2.09. The number of aryl methyl sites for hydroxylation is 1. The zero-order valence-electron chi connectivity index (χ0n) is 13.6. The van der Waals surface area contributed by atoms with E-state index in [9.17, 15) is 4.79 Å². The second-order valence-corrected chi connectivity index (χ2v) is 6.46. The van der Waals surface area contributed by atoms with E-state index in [-0.39, 0.29) is 12.0 Å². The normalized spacial score (nSPS) is 19.3. The first kappa shape index (κ1) is 15.8. The first-order chi connectivity index (χ1) is 11.3. The van der Waals surface area contributed by atoms with Crippen molar-refractivity contribution in [3.8, 4) is 0 Å². The molecule has 1 saturated carbocycles. The minimum Gasteiger partial charge on any atom is -0.382 e. The number of carbonyl (C=O) groups is 1. The summed E-state index contributed by atoms with van der Waals surface area (Å²) in [6.07, 6.45) is 6.02. The lowest BCUT2D eigenvalue weighted by atomic mass is 9.80. The van der Waals surface area contributed by atoms with Crippen molar-refractivity contribution in [2.45, 2.75) is 44.6 Å². The molecule has 1 aliphatic carbocycles. The largest absolute Gasteiger partial charge is 0.382 e. The third-order valence-electron chi connectivity index (χ3n) is 4.80. The van der Waals surface area contributed by atoms with Gasteiger partial charge in [0.2, 0.25) is 0 Å². The topological polar surface area (TPSA) is 29.1 Å². The first-order valence-electron chi connectivity index (χ1n) is 8.71. The van der Waals surface area contributed by atoms with Crippen LogP contribution in [0.2, 0.25) is 0 Å². The Bertz CT molecular complexity index is 608. The van der Waals surface area contributed by atoms with Crippen molar-refractivity contribution in [2.24, 2.45) is 5.92 Å². The third kappa shape index (κ3) is 4.44. The number of nitrogens with one attached hydrogen (secondary N) is 1. The van der Waals surface area contributed by atoms with Gasteiger partial charge in [0.1, 0.15) is 5.78 Å². The quantitative estimate of drug-likeness (QED) is 0.825. The molecule has 3 rings (SSSR count). The zero-order chi connectivity index (χ0) is 15.9. The number of hydrogen-bond donors (Lipinski definition) is 1. The molecule has 120 valence electrons. The molecule has 0 aliphatic heterocycles. The second-order valence-electron chi connectivity index (χ2n) is 6.46. The molecule has 2 atom stereocenters. The fourth-order valence-electron chi connectivity index (χ4n) is 3.52. The number of carbonyl (C=O) groups excluding carboxylic acids is 1. The van der Waals surface area contributed by atoms with Crippen LogP contribution in [0.4, 0.5) is 5.69 Å². The number of ketones is 1. The highest BCUT2D eigenvalue weighted by Crippen LogP contribution is 2.28. The molecule has 1 N–H and O–H groups in total. The van der Waals surface area contributed by atoms with Crippen LogP contribution in [0, 0.1) is 5.92 Å². The zero-order valence-corrected chi connectivity index (χ0v) is 13.6.